The van der Waals surface area contributed by atoms with Crippen LogP contribution in [0.3, 0.4) is 0 Å². The molecular weight excluding hydrogens is 1390 g/mol. The van der Waals surface area contributed by atoms with Gasteiger partial charge in [0.25, 0.3) is 0 Å². The van der Waals surface area contributed by atoms with Crippen LogP contribution in [0.25, 0.3) is 0 Å². The van der Waals surface area contributed by atoms with E-state index in [1.165, 1.54) is 13.8 Å². The number of rotatable bonds is 61. The molecule has 3 fully saturated rings. The maximum Gasteiger partial charge on any atom is 0.246 e. The van der Waals surface area contributed by atoms with Crippen molar-refractivity contribution in [3.63, 3.8) is 0 Å². The first kappa shape index (κ1) is 93.5. The molecule has 0 aliphatic carbocycles. The summed E-state index contributed by atoms with van der Waals surface area (Å²) >= 11 is 0. The van der Waals surface area contributed by atoms with Crippen LogP contribution in [0.1, 0.15) is 91.4 Å². The summed E-state index contributed by atoms with van der Waals surface area (Å²) in [6, 6.07) is -5.34. The number of carbonyl (C=O) groups is 7. The van der Waals surface area contributed by atoms with E-state index in [1.807, 2.05) is 0 Å². The standard InChI is InChI=1S/C65H120N8O31/c1-4-5-6-7-10-17-69-61(88)44(13-8-11-15-67-49(79)39-96-27-24-90-18-21-93-30-33-99-63-52(66)58(85)55(82)46(36-74)102-63)73-62(89)45(72-51(81)41-98-29-26-92-20-23-95-32-35-101-65-54(71-43(3)78)60(87)57(84)48(38-76)104-65)14-9-12-16-68-50(80)40-97-28-25-91-19-22-94-31-34-100-64-53(70-42(2)77)59(86)56(83)47(37-75)103-64/h44-48,52-60,63-65,74-76,82-87H,4-41,66H2,1-3H3,(H,67,79)(H,68,80)(H,69,88)(H,70,77)(H,71,78)(H,72,81)(H,73,89)/t44?,45?,46-,47-,48-,52-,53-,54-,55+,56+,57+,58-,59-,60-,63-,64-,65-/m1/s1. The smallest absolute Gasteiger partial charge is 0.246 e. The van der Waals surface area contributed by atoms with Crippen molar-refractivity contribution in [3.05, 3.63) is 0 Å². The Bertz CT molecular complexity index is 2320. The summed E-state index contributed by atoms with van der Waals surface area (Å²) in [6.07, 6.45) is -8.54. The summed E-state index contributed by atoms with van der Waals surface area (Å²) in [6.45, 7) is 4.67. The summed E-state index contributed by atoms with van der Waals surface area (Å²) in [5.74, 6) is -3.44. The van der Waals surface area contributed by atoms with Crippen LogP contribution in [-0.2, 0) is 105 Å². The number of nitrogens with one attached hydrogen (secondary N) is 7. The van der Waals surface area contributed by atoms with Gasteiger partial charge in [-0.05, 0) is 44.9 Å². The first-order chi connectivity index (χ1) is 50.2. The molecule has 3 aliphatic rings. The highest BCUT2D eigenvalue weighted by Crippen LogP contribution is 2.25. The first-order valence-corrected chi connectivity index (χ1v) is 35.8. The largest absolute Gasteiger partial charge is 0.394 e. The lowest BCUT2D eigenvalue weighted by Gasteiger charge is -2.42. The quantitative estimate of drug-likeness (QED) is 0.0252. The predicted molar refractivity (Wildman–Crippen MR) is 361 cm³/mol. The van der Waals surface area contributed by atoms with Gasteiger partial charge in [-0.2, -0.15) is 0 Å². The normalized spacial score (nSPS) is 25.3. The number of unbranched alkanes of at least 4 members (excludes halogenated alkanes) is 6. The Kier molecular flexibility index (Phi) is 51.6. The van der Waals surface area contributed by atoms with Gasteiger partial charge in [0.2, 0.25) is 41.4 Å². The molecule has 3 aliphatic heterocycles. The maximum absolute atomic E-state index is 14.1. The highest BCUT2D eigenvalue weighted by molar-refractivity contribution is 5.92. The molecule has 0 bridgehead atoms. The van der Waals surface area contributed by atoms with Gasteiger partial charge < -0.3 is 160 Å². The summed E-state index contributed by atoms with van der Waals surface area (Å²) < 4.78 is 82.6. The van der Waals surface area contributed by atoms with Gasteiger partial charge in [-0.1, -0.05) is 32.6 Å². The fraction of sp³-hybridized carbons (Fsp3) is 0.892. The number of amides is 7. The van der Waals surface area contributed by atoms with E-state index in [2.05, 4.69) is 44.1 Å². The molecule has 3 rings (SSSR count). The molecule has 0 aromatic rings. The second-order valence-corrected chi connectivity index (χ2v) is 24.7. The lowest BCUT2D eigenvalue weighted by molar-refractivity contribution is -0.272. The number of aliphatic hydroxyl groups excluding tert-OH is 9. The van der Waals surface area contributed by atoms with E-state index in [1.54, 1.807) is 0 Å². The third kappa shape index (κ3) is 39.4. The average Bonchev–Trinajstić information content (AvgIpc) is 0.816. The average molecular weight is 1510 g/mol. The highest BCUT2D eigenvalue weighted by atomic mass is 16.7. The summed E-state index contributed by atoms with van der Waals surface area (Å²) in [7, 11) is 0. The van der Waals surface area contributed by atoms with E-state index in [-0.39, 0.29) is 164 Å². The van der Waals surface area contributed by atoms with E-state index in [0.29, 0.717) is 32.2 Å². The van der Waals surface area contributed by atoms with E-state index >= 15 is 0 Å². The first-order valence-electron chi connectivity index (χ1n) is 35.8. The van der Waals surface area contributed by atoms with Crippen molar-refractivity contribution in [2.45, 2.75) is 195 Å². The molecule has 39 nitrogen and oxygen atoms in total. The Labute approximate surface area is 606 Å². The molecular formula is C65H120N8O31. The van der Waals surface area contributed by atoms with Crippen molar-refractivity contribution >= 4 is 41.4 Å². The van der Waals surface area contributed by atoms with E-state index in [0.717, 1.165) is 32.1 Å². The molecule has 0 aromatic carbocycles. The van der Waals surface area contributed by atoms with Crippen LogP contribution in [0.4, 0.5) is 0 Å². The topological polar surface area (TPSA) is 550 Å². The zero-order valence-electron chi connectivity index (χ0n) is 60.3. The molecule has 7 amide bonds. The SMILES string of the molecule is CCCCCCCNC(=O)C(CCCCNC(=O)COCCOCCOCCO[C@@H]1O[C@H](CO)[C@H](O)[C@H](O)[C@H]1N)NC(=O)C(CCCCNC(=O)COCCOCCOCCO[C@@H]1O[C@H](CO)[C@H](O)[C@H](O)[C@H]1NC(C)=O)NC(=O)COCCOCCOCCO[C@@H]1O[C@H](CO)[C@H](O)[C@H](O)[C@H]1NC(C)=O. The Hall–Kier alpha value is -4.71. The molecule has 0 saturated carbocycles. The number of ether oxygens (including phenoxy) is 15. The summed E-state index contributed by atoms with van der Waals surface area (Å²) in [5.41, 5.74) is 5.87. The van der Waals surface area contributed by atoms with Crippen LogP contribution < -0.4 is 43.0 Å². The van der Waals surface area contributed by atoms with Crippen LogP contribution in [0.2, 0.25) is 0 Å². The maximum atomic E-state index is 14.1. The van der Waals surface area contributed by atoms with Gasteiger partial charge in [0.05, 0.1) is 145 Å². The molecule has 3 saturated heterocycles. The van der Waals surface area contributed by atoms with Crippen molar-refractivity contribution in [1.29, 1.82) is 0 Å². The van der Waals surface area contributed by atoms with Crippen LogP contribution in [0, 0.1) is 0 Å². The van der Waals surface area contributed by atoms with Crippen molar-refractivity contribution in [2.75, 3.05) is 178 Å². The van der Waals surface area contributed by atoms with Gasteiger partial charge in [-0.15, -0.1) is 0 Å². The van der Waals surface area contributed by atoms with Crippen LogP contribution in [0.5, 0.6) is 0 Å². The van der Waals surface area contributed by atoms with Crippen LogP contribution in [0.15, 0.2) is 0 Å². The van der Waals surface area contributed by atoms with E-state index < -0.39 is 166 Å². The van der Waals surface area contributed by atoms with Crippen molar-refractivity contribution in [3.8, 4) is 0 Å². The third-order valence-corrected chi connectivity index (χ3v) is 16.2. The van der Waals surface area contributed by atoms with Gasteiger partial charge in [0, 0.05) is 33.5 Å². The minimum absolute atomic E-state index is 0.0107. The molecule has 104 heavy (non-hydrogen) atoms. The number of hydrogen-bond donors (Lipinski definition) is 17. The summed E-state index contributed by atoms with van der Waals surface area (Å²) in [4.78, 5) is 89.8. The molecule has 39 heteroatoms. The fourth-order valence-corrected chi connectivity index (χ4v) is 10.6. The molecule has 2 unspecified atom stereocenters. The minimum atomic E-state index is -1.46. The Morgan fingerprint density at radius 2 is 0.702 bits per heavy atom. The van der Waals surface area contributed by atoms with Crippen LogP contribution >= 0.6 is 0 Å². The van der Waals surface area contributed by atoms with Crippen molar-refractivity contribution in [2.24, 2.45) is 5.73 Å². The number of nitrogens with two attached hydrogens (primary N) is 1. The Balaban J connectivity index is 1.44. The second kappa shape index (κ2) is 57.4. The highest BCUT2D eigenvalue weighted by Gasteiger charge is 2.47. The van der Waals surface area contributed by atoms with Crippen LogP contribution in [-0.4, -0.2) is 370 Å². The molecule has 3 heterocycles. The van der Waals surface area contributed by atoms with Gasteiger partial charge >= 0.3 is 0 Å². The minimum Gasteiger partial charge on any atom is -0.394 e. The molecule has 0 aromatic heterocycles. The Morgan fingerprint density at radius 1 is 0.375 bits per heavy atom. The zero-order chi connectivity index (χ0) is 76.3. The number of carbonyl (C=O) groups excluding carboxylic acids is 7. The lowest BCUT2D eigenvalue weighted by Crippen LogP contribution is -2.64. The number of aliphatic hydroxyl groups is 9. The molecule has 18 N–H and O–H groups in total. The molecule has 606 valence electrons. The van der Waals surface area contributed by atoms with Crippen molar-refractivity contribution < 1.29 is 151 Å². The van der Waals surface area contributed by atoms with E-state index in [4.69, 9.17) is 76.8 Å². The predicted octanol–water partition coefficient (Wildman–Crippen LogP) is -7.53. The summed E-state index contributed by atoms with van der Waals surface area (Å²) in [5, 5.41) is 109. The van der Waals surface area contributed by atoms with Gasteiger partial charge in [-0.3, -0.25) is 33.6 Å². The van der Waals surface area contributed by atoms with E-state index in [9.17, 15) is 79.5 Å². The number of hydrogen-bond acceptors (Lipinski definition) is 32. The lowest BCUT2D eigenvalue weighted by atomic mass is 9.97. The fourth-order valence-electron chi connectivity index (χ4n) is 10.6. The van der Waals surface area contributed by atoms with Gasteiger partial charge in [-0.25, -0.2) is 0 Å². The second-order valence-electron chi connectivity index (χ2n) is 24.7. The molecule has 0 spiro atoms. The zero-order valence-corrected chi connectivity index (χ0v) is 60.3. The third-order valence-electron chi connectivity index (χ3n) is 16.2. The Morgan fingerprint density at radius 3 is 1.10 bits per heavy atom. The van der Waals surface area contributed by atoms with Crippen molar-refractivity contribution in [1.82, 2.24) is 37.2 Å². The van der Waals surface area contributed by atoms with Gasteiger partial charge in [0.1, 0.15) is 98.9 Å². The molecule has 17 atom stereocenters. The monoisotopic (exact) mass is 1510 g/mol. The van der Waals surface area contributed by atoms with Gasteiger partial charge in [0.15, 0.2) is 18.9 Å². The molecule has 0 radical (unpaired) electrons.